The molecule has 0 fully saturated rings. The Morgan fingerprint density at radius 2 is 2.00 bits per heavy atom. The molecule has 0 aromatic heterocycles. The highest BCUT2D eigenvalue weighted by molar-refractivity contribution is 5.33. The molecule has 0 radical (unpaired) electrons. The predicted octanol–water partition coefficient (Wildman–Crippen LogP) is 3.02. The van der Waals surface area contributed by atoms with E-state index in [9.17, 15) is 5.11 Å². The van der Waals surface area contributed by atoms with Gasteiger partial charge in [0.15, 0.2) is 0 Å². The Balaban J connectivity index is 3.23. The molecule has 0 aliphatic carbocycles. The summed E-state index contributed by atoms with van der Waals surface area (Å²) in [6.45, 7) is 7.17. The molecule has 1 nitrogen and oxygen atoms in total. The Bertz CT molecular complexity index is 455. The van der Waals surface area contributed by atoms with E-state index in [0.29, 0.717) is 12.0 Å². The molecule has 1 aromatic carbocycles. The van der Waals surface area contributed by atoms with Crippen LogP contribution in [0.2, 0.25) is 0 Å². The second-order valence-corrected chi connectivity index (χ2v) is 3.63. The Hall–Kier alpha value is -1.74. The summed E-state index contributed by atoms with van der Waals surface area (Å²) in [5, 5.41) is 10.6. The van der Waals surface area contributed by atoms with Crippen molar-refractivity contribution in [1.82, 2.24) is 0 Å². The van der Waals surface area contributed by atoms with Crippen molar-refractivity contribution in [2.24, 2.45) is 0 Å². The largest absolute Gasteiger partial charge is 0.379 e. The van der Waals surface area contributed by atoms with Gasteiger partial charge in [-0.3, -0.25) is 0 Å². The van der Waals surface area contributed by atoms with Gasteiger partial charge in [0.05, 0.1) is 0 Å². The van der Waals surface area contributed by atoms with Crippen LogP contribution >= 0.6 is 0 Å². The van der Waals surface area contributed by atoms with Crippen molar-refractivity contribution in [2.45, 2.75) is 25.9 Å². The van der Waals surface area contributed by atoms with Gasteiger partial charge in [0.25, 0.3) is 0 Å². The summed E-state index contributed by atoms with van der Waals surface area (Å²) in [5.41, 5.74) is 3.21. The van der Waals surface area contributed by atoms with Gasteiger partial charge in [-0.1, -0.05) is 42.8 Å². The molecule has 0 heterocycles. The van der Waals surface area contributed by atoms with Crippen molar-refractivity contribution in [1.29, 1.82) is 0 Å². The second-order valence-electron chi connectivity index (χ2n) is 3.63. The molecular formula is C15H16O. The quantitative estimate of drug-likeness (QED) is 0.603. The topological polar surface area (TPSA) is 20.2 Å². The van der Waals surface area contributed by atoms with Crippen LogP contribution in [0.5, 0.6) is 0 Å². The van der Waals surface area contributed by atoms with Crippen molar-refractivity contribution in [3.05, 3.63) is 53.8 Å². The minimum atomic E-state index is -1.08. The zero-order valence-corrected chi connectivity index (χ0v) is 9.75. The number of rotatable bonds is 3. The molecular weight excluding hydrogens is 196 g/mol. The minimum Gasteiger partial charge on any atom is -0.379 e. The summed E-state index contributed by atoms with van der Waals surface area (Å²) in [6, 6.07) is 9.49. The first-order valence-corrected chi connectivity index (χ1v) is 5.19. The van der Waals surface area contributed by atoms with Gasteiger partial charge in [0.2, 0.25) is 0 Å². The summed E-state index contributed by atoms with van der Waals surface area (Å²) in [4.78, 5) is 0. The molecule has 0 saturated carbocycles. The van der Waals surface area contributed by atoms with Crippen LogP contribution in [0, 0.1) is 11.8 Å². The Morgan fingerprint density at radius 3 is 2.50 bits per heavy atom. The molecule has 1 atom stereocenters. The van der Waals surface area contributed by atoms with Gasteiger partial charge in [0.1, 0.15) is 5.60 Å². The highest BCUT2D eigenvalue weighted by Gasteiger charge is 2.30. The Kier molecular flexibility index (Phi) is 4.14. The van der Waals surface area contributed by atoms with Gasteiger partial charge in [-0.25, -0.2) is 0 Å². The van der Waals surface area contributed by atoms with Crippen molar-refractivity contribution < 1.29 is 5.11 Å². The van der Waals surface area contributed by atoms with Crippen LogP contribution in [-0.2, 0) is 5.60 Å². The van der Waals surface area contributed by atoms with Gasteiger partial charge in [0, 0.05) is 12.0 Å². The molecule has 0 spiro atoms. The van der Waals surface area contributed by atoms with Crippen LogP contribution in [0.4, 0.5) is 0 Å². The van der Waals surface area contributed by atoms with E-state index in [-0.39, 0.29) is 0 Å². The summed E-state index contributed by atoms with van der Waals surface area (Å²) in [7, 11) is 0. The first-order valence-electron chi connectivity index (χ1n) is 5.19. The smallest absolute Gasteiger partial charge is 0.129 e. The molecule has 16 heavy (non-hydrogen) atoms. The third-order valence-electron chi connectivity index (χ3n) is 2.66. The zero-order valence-electron chi connectivity index (χ0n) is 9.75. The van der Waals surface area contributed by atoms with E-state index in [1.165, 1.54) is 0 Å². The Labute approximate surface area is 97.1 Å². The van der Waals surface area contributed by atoms with E-state index in [0.717, 1.165) is 5.56 Å². The lowest BCUT2D eigenvalue weighted by atomic mass is 9.84. The van der Waals surface area contributed by atoms with Gasteiger partial charge < -0.3 is 5.11 Å². The van der Waals surface area contributed by atoms with Gasteiger partial charge in [-0.2, -0.15) is 0 Å². The van der Waals surface area contributed by atoms with Crippen LogP contribution in [0.1, 0.15) is 25.8 Å². The molecule has 1 unspecified atom stereocenters. The van der Waals surface area contributed by atoms with E-state index >= 15 is 0 Å². The number of hydrogen-bond acceptors (Lipinski definition) is 1. The van der Waals surface area contributed by atoms with E-state index in [1.807, 2.05) is 37.3 Å². The lowest BCUT2D eigenvalue weighted by Gasteiger charge is -2.26. The fraction of sp³-hybridized carbons (Fsp3) is 0.267. The van der Waals surface area contributed by atoms with E-state index in [2.05, 4.69) is 24.2 Å². The summed E-state index contributed by atoms with van der Waals surface area (Å²) >= 11 is 0. The minimum absolute atomic E-state index is 0.363. The van der Waals surface area contributed by atoms with Crippen LogP contribution < -0.4 is 0 Å². The maximum atomic E-state index is 10.6. The highest BCUT2D eigenvalue weighted by atomic mass is 16.3. The lowest BCUT2D eigenvalue weighted by molar-refractivity contribution is 0.0822. The van der Waals surface area contributed by atoms with E-state index < -0.39 is 5.60 Å². The molecule has 82 valence electrons. The van der Waals surface area contributed by atoms with Crippen molar-refractivity contribution >= 4 is 0 Å². The van der Waals surface area contributed by atoms with Crippen LogP contribution in [0.25, 0.3) is 0 Å². The second kappa shape index (κ2) is 5.37. The third kappa shape index (κ3) is 2.44. The van der Waals surface area contributed by atoms with E-state index in [1.54, 1.807) is 6.92 Å². The molecule has 1 N–H and O–H groups in total. The molecule has 0 amide bonds. The monoisotopic (exact) mass is 212 g/mol. The average molecular weight is 212 g/mol. The van der Waals surface area contributed by atoms with Gasteiger partial charge in [-0.15, -0.1) is 11.7 Å². The zero-order chi connectivity index (χ0) is 12.0. The van der Waals surface area contributed by atoms with Crippen LogP contribution in [0.3, 0.4) is 0 Å². The molecule has 0 aliphatic heterocycles. The van der Waals surface area contributed by atoms with Gasteiger partial charge >= 0.3 is 0 Å². The first-order chi connectivity index (χ1) is 7.65. The fourth-order valence-corrected chi connectivity index (χ4v) is 1.53. The number of hydrogen-bond donors (Lipinski definition) is 1. The molecule has 0 saturated heterocycles. The average Bonchev–Trinajstić information content (AvgIpc) is 2.36. The van der Waals surface area contributed by atoms with Crippen LogP contribution in [-0.4, -0.2) is 5.11 Å². The molecule has 0 aliphatic rings. The normalized spacial score (nSPS) is 12.9. The van der Waals surface area contributed by atoms with Crippen molar-refractivity contribution in [3.8, 4) is 11.8 Å². The molecule has 1 aromatic rings. The highest BCUT2D eigenvalue weighted by Crippen LogP contribution is 2.31. The SMILES string of the molecule is C=C=C(C)C(O)(CC#CC)c1ccccc1. The van der Waals surface area contributed by atoms with Crippen molar-refractivity contribution in [3.63, 3.8) is 0 Å². The number of aliphatic hydroxyl groups is 1. The molecule has 0 bridgehead atoms. The third-order valence-corrected chi connectivity index (χ3v) is 2.66. The fourth-order valence-electron chi connectivity index (χ4n) is 1.53. The maximum absolute atomic E-state index is 10.6. The molecule has 1 rings (SSSR count). The summed E-state index contributed by atoms with van der Waals surface area (Å²) in [6.07, 6.45) is 0.363. The summed E-state index contributed by atoms with van der Waals surface area (Å²) < 4.78 is 0. The standard InChI is InChI=1S/C15H16O/c1-4-6-12-15(16,13(3)5-2)14-10-8-7-9-11-14/h7-11,16H,2,12H2,1,3H3. The van der Waals surface area contributed by atoms with Crippen LogP contribution in [0.15, 0.2) is 48.2 Å². The first kappa shape index (κ1) is 12.3. The van der Waals surface area contributed by atoms with E-state index in [4.69, 9.17) is 0 Å². The van der Waals surface area contributed by atoms with Crippen molar-refractivity contribution in [2.75, 3.05) is 0 Å². The predicted molar refractivity (Wildman–Crippen MR) is 66.7 cm³/mol. The summed E-state index contributed by atoms with van der Waals surface area (Å²) in [5.74, 6) is 5.71. The van der Waals surface area contributed by atoms with Gasteiger partial charge in [-0.05, 0) is 19.4 Å². The number of benzene rings is 1. The Morgan fingerprint density at radius 1 is 1.38 bits per heavy atom. The lowest BCUT2D eigenvalue weighted by Crippen LogP contribution is -2.26. The molecule has 1 heteroatoms. The maximum Gasteiger partial charge on any atom is 0.129 e.